The number of rotatable bonds is 2. The molecule has 0 radical (unpaired) electrons. The molecular weight excluding hydrogens is 276 g/mol. The predicted octanol–water partition coefficient (Wildman–Crippen LogP) is 3.05. The van der Waals surface area contributed by atoms with Crippen LogP contribution < -0.4 is 11.1 Å². The van der Waals surface area contributed by atoms with E-state index in [2.05, 4.69) is 15.3 Å². The number of nitrogens with zero attached hydrogens (tertiary/aromatic N) is 1. The van der Waals surface area contributed by atoms with Crippen LogP contribution in [-0.4, -0.2) is 15.9 Å². The number of carbonyl (C=O) groups is 1. The van der Waals surface area contributed by atoms with Crippen LogP contribution in [0.15, 0.2) is 42.6 Å². The molecule has 3 aromatic rings. The first kappa shape index (κ1) is 12.5. The number of halogens is 1. The van der Waals surface area contributed by atoms with E-state index in [9.17, 15) is 4.79 Å². The summed E-state index contributed by atoms with van der Waals surface area (Å²) in [5.41, 5.74) is 7.71. The lowest BCUT2D eigenvalue weighted by Gasteiger charge is -2.04. The van der Waals surface area contributed by atoms with Gasteiger partial charge in [-0.3, -0.25) is 4.79 Å². The van der Waals surface area contributed by atoms with E-state index in [1.165, 1.54) is 0 Å². The second kappa shape index (κ2) is 4.86. The highest BCUT2D eigenvalue weighted by Gasteiger charge is 2.13. The number of pyridine rings is 1. The van der Waals surface area contributed by atoms with E-state index >= 15 is 0 Å². The van der Waals surface area contributed by atoms with Crippen LogP contribution in [0.5, 0.6) is 0 Å². The number of aromatic nitrogens is 2. The average Bonchev–Trinajstić information content (AvgIpc) is 2.81. The van der Waals surface area contributed by atoms with Gasteiger partial charge in [-0.25, -0.2) is 4.98 Å². The maximum atomic E-state index is 12.3. The number of hydrogen-bond donors (Lipinski definition) is 3. The Morgan fingerprint density at radius 3 is 2.95 bits per heavy atom. The number of anilines is 2. The number of amides is 1. The molecule has 1 amide bonds. The monoisotopic (exact) mass is 286 g/mol. The highest BCUT2D eigenvalue weighted by atomic mass is 35.5. The van der Waals surface area contributed by atoms with Gasteiger partial charge in [-0.05, 0) is 30.3 Å². The summed E-state index contributed by atoms with van der Waals surface area (Å²) < 4.78 is 0. The lowest BCUT2D eigenvalue weighted by Crippen LogP contribution is -2.12. The van der Waals surface area contributed by atoms with Crippen molar-refractivity contribution < 1.29 is 4.79 Å². The standard InChI is InChI=1S/C14H11ClN4O/c15-12-2-1-3-13(18-12)19-14(20)10-7-17-11-5-4-8(16)6-9(10)11/h1-7,17H,16H2,(H,18,19,20). The zero-order chi connectivity index (χ0) is 14.1. The summed E-state index contributed by atoms with van der Waals surface area (Å²) in [5.74, 6) is 0.136. The van der Waals surface area contributed by atoms with Crippen molar-refractivity contribution in [3.8, 4) is 0 Å². The molecule has 0 aliphatic heterocycles. The quantitative estimate of drug-likeness (QED) is 0.500. The number of aromatic amines is 1. The zero-order valence-electron chi connectivity index (χ0n) is 10.4. The van der Waals surface area contributed by atoms with E-state index in [0.29, 0.717) is 22.2 Å². The molecule has 2 heterocycles. The topological polar surface area (TPSA) is 83.8 Å². The van der Waals surface area contributed by atoms with Gasteiger partial charge in [0.15, 0.2) is 0 Å². The Balaban J connectivity index is 1.94. The third-order valence-corrected chi connectivity index (χ3v) is 3.12. The molecule has 0 bridgehead atoms. The first-order valence-corrected chi connectivity index (χ1v) is 6.32. The molecule has 6 heteroatoms. The SMILES string of the molecule is Nc1ccc2[nH]cc(C(=O)Nc3cccc(Cl)n3)c2c1. The Kier molecular flexibility index (Phi) is 3.04. The van der Waals surface area contributed by atoms with Gasteiger partial charge in [0, 0.05) is 22.8 Å². The van der Waals surface area contributed by atoms with Crippen LogP contribution >= 0.6 is 11.6 Å². The molecule has 1 aromatic carbocycles. The first-order chi connectivity index (χ1) is 9.63. The van der Waals surface area contributed by atoms with Crippen LogP contribution in [0.25, 0.3) is 10.9 Å². The summed E-state index contributed by atoms with van der Waals surface area (Å²) >= 11 is 5.78. The fraction of sp³-hybridized carbons (Fsp3) is 0. The van der Waals surface area contributed by atoms with Crippen molar-refractivity contribution in [3.05, 3.63) is 53.3 Å². The number of carbonyl (C=O) groups excluding carboxylic acids is 1. The third kappa shape index (κ3) is 2.31. The summed E-state index contributed by atoms with van der Waals surface area (Å²) in [4.78, 5) is 19.3. The van der Waals surface area contributed by atoms with Gasteiger partial charge >= 0.3 is 0 Å². The molecule has 2 aromatic heterocycles. The molecule has 3 rings (SSSR count). The van der Waals surface area contributed by atoms with Gasteiger partial charge in [0.2, 0.25) is 0 Å². The number of H-pyrrole nitrogens is 1. The summed E-state index contributed by atoms with van der Waals surface area (Å²) in [6.07, 6.45) is 1.64. The minimum Gasteiger partial charge on any atom is -0.399 e. The van der Waals surface area contributed by atoms with Gasteiger partial charge in [0.05, 0.1) is 5.56 Å². The van der Waals surface area contributed by atoms with Gasteiger partial charge in [-0.15, -0.1) is 0 Å². The largest absolute Gasteiger partial charge is 0.399 e. The van der Waals surface area contributed by atoms with E-state index in [1.54, 1.807) is 36.5 Å². The van der Waals surface area contributed by atoms with Gasteiger partial charge in [0.1, 0.15) is 11.0 Å². The second-order valence-electron chi connectivity index (χ2n) is 4.31. The highest BCUT2D eigenvalue weighted by molar-refractivity contribution is 6.29. The smallest absolute Gasteiger partial charge is 0.258 e. The van der Waals surface area contributed by atoms with E-state index in [1.807, 2.05) is 6.07 Å². The van der Waals surface area contributed by atoms with Crippen molar-refractivity contribution in [3.63, 3.8) is 0 Å². The summed E-state index contributed by atoms with van der Waals surface area (Å²) in [6.45, 7) is 0. The molecule has 0 aliphatic rings. The first-order valence-electron chi connectivity index (χ1n) is 5.94. The number of fused-ring (bicyclic) bond motifs is 1. The molecule has 0 saturated heterocycles. The maximum absolute atomic E-state index is 12.3. The molecule has 20 heavy (non-hydrogen) atoms. The highest BCUT2D eigenvalue weighted by Crippen LogP contribution is 2.22. The molecule has 100 valence electrons. The number of nitrogens with one attached hydrogen (secondary N) is 2. The van der Waals surface area contributed by atoms with Gasteiger partial charge in [-0.2, -0.15) is 0 Å². The Morgan fingerprint density at radius 2 is 2.15 bits per heavy atom. The lowest BCUT2D eigenvalue weighted by atomic mass is 10.1. The minimum atomic E-state index is -0.267. The predicted molar refractivity (Wildman–Crippen MR) is 79.9 cm³/mol. The Hall–Kier alpha value is -2.53. The molecule has 0 saturated carbocycles. The van der Waals surface area contributed by atoms with Gasteiger partial charge in [-0.1, -0.05) is 17.7 Å². The van der Waals surface area contributed by atoms with Gasteiger partial charge < -0.3 is 16.0 Å². The summed E-state index contributed by atoms with van der Waals surface area (Å²) in [7, 11) is 0. The zero-order valence-corrected chi connectivity index (χ0v) is 11.1. The lowest BCUT2D eigenvalue weighted by molar-refractivity contribution is 0.102. The van der Waals surface area contributed by atoms with E-state index in [0.717, 1.165) is 10.9 Å². The summed E-state index contributed by atoms with van der Waals surface area (Å²) in [6, 6.07) is 10.4. The fourth-order valence-electron chi connectivity index (χ4n) is 1.99. The molecule has 0 unspecified atom stereocenters. The Labute approximate surface area is 119 Å². The molecule has 0 aliphatic carbocycles. The number of benzene rings is 1. The van der Waals surface area contributed by atoms with Crippen molar-refractivity contribution >= 4 is 39.9 Å². The molecule has 5 nitrogen and oxygen atoms in total. The van der Waals surface area contributed by atoms with E-state index < -0.39 is 0 Å². The molecule has 0 atom stereocenters. The van der Waals surface area contributed by atoms with Crippen LogP contribution in [0.4, 0.5) is 11.5 Å². The van der Waals surface area contributed by atoms with E-state index in [-0.39, 0.29) is 5.91 Å². The van der Waals surface area contributed by atoms with Crippen molar-refractivity contribution in [2.24, 2.45) is 0 Å². The normalized spacial score (nSPS) is 10.7. The average molecular weight is 287 g/mol. The Bertz CT molecular complexity index is 797. The number of nitrogen functional groups attached to an aromatic ring is 1. The molecular formula is C14H11ClN4O. The maximum Gasteiger partial charge on any atom is 0.258 e. The molecule has 4 N–H and O–H groups in total. The van der Waals surface area contributed by atoms with E-state index in [4.69, 9.17) is 17.3 Å². The molecule has 0 fully saturated rings. The third-order valence-electron chi connectivity index (χ3n) is 2.91. The minimum absolute atomic E-state index is 0.267. The number of nitrogens with two attached hydrogens (primary N) is 1. The number of hydrogen-bond acceptors (Lipinski definition) is 3. The van der Waals surface area contributed by atoms with Crippen LogP contribution in [-0.2, 0) is 0 Å². The van der Waals surface area contributed by atoms with Crippen molar-refractivity contribution in [1.29, 1.82) is 0 Å². The van der Waals surface area contributed by atoms with Crippen molar-refractivity contribution in [1.82, 2.24) is 9.97 Å². The summed E-state index contributed by atoms with van der Waals surface area (Å²) in [5, 5.41) is 3.79. The van der Waals surface area contributed by atoms with Gasteiger partial charge in [0.25, 0.3) is 5.91 Å². The molecule has 0 spiro atoms. The van der Waals surface area contributed by atoms with Crippen molar-refractivity contribution in [2.75, 3.05) is 11.1 Å². The fourth-order valence-corrected chi connectivity index (χ4v) is 2.15. The van der Waals surface area contributed by atoms with Crippen LogP contribution in [0.1, 0.15) is 10.4 Å². The second-order valence-corrected chi connectivity index (χ2v) is 4.69. The Morgan fingerprint density at radius 1 is 1.30 bits per heavy atom. The van der Waals surface area contributed by atoms with Crippen LogP contribution in [0, 0.1) is 0 Å². The van der Waals surface area contributed by atoms with Crippen molar-refractivity contribution in [2.45, 2.75) is 0 Å². The van der Waals surface area contributed by atoms with Crippen LogP contribution in [0.2, 0.25) is 5.15 Å². The van der Waals surface area contributed by atoms with Crippen LogP contribution in [0.3, 0.4) is 0 Å².